The van der Waals surface area contributed by atoms with Gasteiger partial charge >= 0.3 is 5.97 Å². The smallest absolute Gasteiger partial charge is 0.304 e. The minimum atomic E-state index is -2.91. The maximum absolute atomic E-state index is 11.1. The van der Waals surface area contributed by atoms with Gasteiger partial charge in [0.2, 0.25) is 0 Å². The number of hydrogen-bond donors (Lipinski definition) is 1. The number of rotatable bonds is 5. The number of sulfone groups is 1. The average Bonchev–Trinajstić information content (AvgIpc) is 2.27. The van der Waals surface area contributed by atoms with Gasteiger partial charge in [0.05, 0.1) is 22.4 Å². The summed E-state index contributed by atoms with van der Waals surface area (Å²) in [6, 6.07) is 5.38. The molecule has 1 saturated heterocycles. The Morgan fingerprint density at radius 2 is 2.05 bits per heavy atom. The van der Waals surface area contributed by atoms with Crippen LogP contribution in [-0.2, 0) is 20.0 Å². The molecule has 0 saturated carbocycles. The lowest BCUT2D eigenvalue weighted by atomic mass is 9.81. The van der Waals surface area contributed by atoms with E-state index in [1.165, 1.54) is 0 Å². The molecule has 0 bridgehead atoms. The zero-order valence-electron chi connectivity index (χ0n) is 11.8. The zero-order valence-corrected chi connectivity index (χ0v) is 14.2. The van der Waals surface area contributed by atoms with Gasteiger partial charge in [-0.25, -0.2) is 8.42 Å². The fourth-order valence-corrected chi connectivity index (χ4v) is 3.91. The van der Waals surface area contributed by atoms with Gasteiger partial charge in [0.25, 0.3) is 0 Å². The van der Waals surface area contributed by atoms with Crippen molar-refractivity contribution in [2.75, 3.05) is 11.5 Å². The fourth-order valence-electron chi connectivity index (χ4n) is 2.26. The molecule has 0 atom stereocenters. The molecule has 5 nitrogen and oxygen atoms in total. The molecule has 0 aromatic heterocycles. The molecule has 1 fully saturated rings. The summed E-state index contributed by atoms with van der Waals surface area (Å²) in [4.78, 5) is 10.9. The number of aliphatic carboxylic acids is 1. The SMILES string of the molecule is CC(C)(CC(=O)O)c1ccc(OC2CS(=O)(=O)C2)c(Br)c1. The molecule has 0 aliphatic carbocycles. The van der Waals surface area contributed by atoms with Gasteiger partial charge in [-0.2, -0.15) is 0 Å². The quantitative estimate of drug-likeness (QED) is 0.852. The van der Waals surface area contributed by atoms with Crippen molar-refractivity contribution in [3.05, 3.63) is 28.2 Å². The summed E-state index contributed by atoms with van der Waals surface area (Å²) < 4.78 is 28.5. The maximum atomic E-state index is 11.1. The summed E-state index contributed by atoms with van der Waals surface area (Å²) in [6.07, 6.45) is -0.273. The Bertz CT molecular complexity index is 654. The van der Waals surface area contributed by atoms with E-state index in [1.807, 2.05) is 26.0 Å². The average molecular weight is 377 g/mol. The molecule has 21 heavy (non-hydrogen) atoms. The van der Waals surface area contributed by atoms with Crippen molar-refractivity contribution >= 4 is 31.7 Å². The first-order chi connectivity index (χ1) is 9.59. The summed E-state index contributed by atoms with van der Waals surface area (Å²) >= 11 is 3.39. The Labute approximate surface area is 132 Å². The van der Waals surface area contributed by atoms with E-state index < -0.39 is 21.2 Å². The number of hydrogen-bond acceptors (Lipinski definition) is 4. The third-order valence-electron chi connectivity index (χ3n) is 3.48. The van der Waals surface area contributed by atoms with Crippen LogP contribution in [0.4, 0.5) is 0 Å². The van der Waals surface area contributed by atoms with E-state index in [-0.39, 0.29) is 24.0 Å². The summed E-state index contributed by atoms with van der Waals surface area (Å²) in [6.45, 7) is 3.73. The standard InChI is InChI=1S/C14H17BrO5S/c1-14(2,6-13(16)17)9-3-4-12(11(15)5-9)20-10-7-21(18,19)8-10/h3-5,10H,6-8H2,1-2H3,(H,16,17). The number of benzene rings is 1. The van der Waals surface area contributed by atoms with Crippen molar-refractivity contribution < 1.29 is 23.1 Å². The number of carbonyl (C=O) groups is 1. The molecule has 1 N–H and O–H groups in total. The van der Waals surface area contributed by atoms with Gasteiger partial charge in [-0.05, 0) is 33.6 Å². The molecule has 1 aliphatic rings. The first-order valence-corrected chi connectivity index (χ1v) is 9.09. The topological polar surface area (TPSA) is 80.7 Å². The van der Waals surface area contributed by atoms with E-state index in [4.69, 9.17) is 9.84 Å². The monoisotopic (exact) mass is 376 g/mol. The predicted molar refractivity (Wildman–Crippen MR) is 82.5 cm³/mol. The highest BCUT2D eigenvalue weighted by Gasteiger charge is 2.35. The van der Waals surface area contributed by atoms with Crippen LogP contribution in [0.25, 0.3) is 0 Å². The molecule has 1 heterocycles. The minimum absolute atomic E-state index is 0.0283. The Morgan fingerprint density at radius 1 is 1.43 bits per heavy atom. The summed E-state index contributed by atoms with van der Waals surface area (Å²) in [5, 5.41) is 8.95. The van der Waals surface area contributed by atoms with Crippen LogP contribution in [0.15, 0.2) is 22.7 Å². The molecule has 0 spiro atoms. The molecular weight excluding hydrogens is 360 g/mol. The third-order valence-corrected chi connectivity index (χ3v) is 5.86. The Balaban J connectivity index is 2.12. The normalized spacial score (nSPS) is 18.0. The van der Waals surface area contributed by atoms with Gasteiger partial charge in [-0.1, -0.05) is 19.9 Å². The maximum Gasteiger partial charge on any atom is 0.304 e. The van der Waals surface area contributed by atoms with Crippen LogP contribution < -0.4 is 4.74 Å². The Morgan fingerprint density at radius 3 is 2.52 bits per heavy atom. The van der Waals surface area contributed by atoms with Crippen LogP contribution in [0.3, 0.4) is 0 Å². The molecule has 0 radical (unpaired) electrons. The highest BCUT2D eigenvalue weighted by atomic mass is 79.9. The van der Waals surface area contributed by atoms with E-state index in [1.54, 1.807) is 6.07 Å². The summed E-state index contributed by atoms with van der Waals surface area (Å²) in [5.74, 6) is -0.182. The van der Waals surface area contributed by atoms with Crippen LogP contribution >= 0.6 is 15.9 Å². The number of ether oxygens (including phenoxy) is 1. The Hall–Kier alpha value is -1.08. The van der Waals surface area contributed by atoms with Crippen molar-refractivity contribution in [3.8, 4) is 5.75 Å². The first-order valence-electron chi connectivity index (χ1n) is 6.48. The predicted octanol–water partition coefficient (Wildman–Crippen LogP) is 2.38. The van der Waals surface area contributed by atoms with Crippen LogP contribution in [-0.4, -0.2) is 37.1 Å². The van der Waals surface area contributed by atoms with Gasteiger partial charge in [0, 0.05) is 5.41 Å². The van der Waals surface area contributed by atoms with E-state index >= 15 is 0 Å². The number of carboxylic acids is 1. The second kappa shape index (κ2) is 5.61. The van der Waals surface area contributed by atoms with Crippen molar-refractivity contribution in [1.29, 1.82) is 0 Å². The van der Waals surface area contributed by atoms with Crippen LogP contribution in [0.2, 0.25) is 0 Å². The minimum Gasteiger partial charge on any atom is -0.487 e. The molecular formula is C14H17BrO5S. The second-order valence-corrected chi connectivity index (χ2v) is 8.92. The van der Waals surface area contributed by atoms with E-state index in [2.05, 4.69) is 15.9 Å². The lowest BCUT2D eigenvalue weighted by Crippen LogP contribution is -2.45. The van der Waals surface area contributed by atoms with Gasteiger partial charge in [0.1, 0.15) is 11.9 Å². The fraction of sp³-hybridized carbons (Fsp3) is 0.500. The molecule has 0 unspecified atom stereocenters. The van der Waals surface area contributed by atoms with Crippen LogP contribution in [0.5, 0.6) is 5.75 Å². The van der Waals surface area contributed by atoms with Gasteiger partial charge in [-0.15, -0.1) is 0 Å². The number of carboxylic acid groups (broad SMARTS) is 1. The molecule has 1 aliphatic heterocycles. The van der Waals surface area contributed by atoms with Gasteiger partial charge < -0.3 is 9.84 Å². The van der Waals surface area contributed by atoms with Gasteiger partial charge in [0.15, 0.2) is 9.84 Å². The van der Waals surface area contributed by atoms with Gasteiger partial charge in [-0.3, -0.25) is 4.79 Å². The molecule has 1 aromatic carbocycles. The van der Waals surface area contributed by atoms with Crippen molar-refractivity contribution in [2.24, 2.45) is 0 Å². The summed E-state index contributed by atoms with van der Waals surface area (Å²) in [5.41, 5.74) is 0.387. The highest BCUT2D eigenvalue weighted by Crippen LogP contribution is 2.34. The van der Waals surface area contributed by atoms with E-state index in [0.717, 1.165) is 5.56 Å². The van der Waals surface area contributed by atoms with Crippen LogP contribution in [0, 0.1) is 0 Å². The molecule has 0 amide bonds. The number of halogens is 1. The molecule has 1 aromatic rings. The van der Waals surface area contributed by atoms with E-state index in [0.29, 0.717) is 10.2 Å². The Kier molecular flexibility index (Phi) is 4.35. The lowest BCUT2D eigenvalue weighted by Gasteiger charge is -2.28. The highest BCUT2D eigenvalue weighted by molar-refractivity contribution is 9.10. The van der Waals surface area contributed by atoms with E-state index in [9.17, 15) is 13.2 Å². The van der Waals surface area contributed by atoms with Crippen molar-refractivity contribution in [1.82, 2.24) is 0 Å². The lowest BCUT2D eigenvalue weighted by molar-refractivity contribution is -0.138. The van der Waals surface area contributed by atoms with Crippen LogP contribution in [0.1, 0.15) is 25.8 Å². The zero-order chi connectivity index (χ0) is 15.8. The molecule has 7 heteroatoms. The van der Waals surface area contributed by atoms with Crippen molar-refractivity contribution in [3.63, 3.8) is 0 Å². The van der Waals surface area contributed by atoms with Crippen molar-refractivity contribution in [2.45, 2.75) is 31.8 Å². The first kappa shape index (κ1) is 16.3. The molecule has 116 valence electrons. The third kappa shape index (κ3) is 3.97. The largest absolute Gasteiger partial charge is 0.487 e. The second-order valence-electron chi connectivity index (χ2n) is 5.92. The molecule has 2 rings (SSSR count). The summed E-state index contributed by atoms with van der Waals surface area (Å²) in [7, 11) is -2.91.